The van der Waals surface area contributed by atoms with E-state index >= 15 is 0 Å². The lowest BCUT2D eigenvalue weighted by molar-refractivity contribution is -0.132. The highest BCUT2D eigenvalue weighted by molar-refractivity contribution is 7.13. The SMILES string of the molecule is O=C(Cc1csc(-c2cccc(F)c2)n1)N1CCN(Cc2cccnc2)CC1. The number of piperazine rings is 1. The summed E-state index contributed by atoms with van der Waals surface area (Å²) in [6.07, 6.45) is 3.95. The zero-order valence-electron chi connectivity index (χ0n) is 15.4. The first-order valence-electron chi connectivity index (χ1n) is 9.27. The second-order valence-electron chi connectivity index (χ2n) is 6.85. The number of aromatic nitrogens is 2. The van der Waals surface area contributed by atoms with Crippen LogP contribution in [0.3, 0.4) is 0 Å². The van der Waals surface area contributed by atoms with E-state index in [0.717, 1.165) is 49.0 Å². The molecule has 1 aliphatic rings. The fourth-order valence-electron chi connectivity index (χ4n) is 3.31. The van der Waals surface area contributed by atoms with Gasteiger partial charge in [-0.1, -0.05) is 18.2 Å². The zero-order valence-corrected chi connectivity index (χ0v) is 16.2. The van der Waals surface area contributed by atoms with E-state index < -0.39 is 0 Å². The average molecular weight is 396 g/mol. The number of carbonyl (C=O) groups is 1. The van der Waals surface area contributed by atoms with Gasteiger partial charge in [-0.25, -0.2) is 9.37 Å². The van der Waals surface area contributed by atoms with Crippen molar-refractivity contribution in [1.82, 2.24) is 19.8 Å². The average Bonchev–Trinajstić information content (AvgIpc) is 3.18. The van der Waals surface area contributed by atoms with Gasteiger partial charge in [-0.2, -0.15) is 0 Å². The van der Waals surface area contributed by atoms with Crippen molar-refractivity contribution in [2.75, 3.05) is 26.2 Å². The molecule has 0 aliphatic carbocycles. The molecule has 0 bridgehead atoms. The van der Waals surface area contributed by atoms with E-state index in [4.69, 9.17) is 0 Å². The third-order valence-electron chi connectivity index (χ3n) is 4.81. The summed E-state index contributed by atoms with van der Waals surface area (Å²) < 4.78 is 13.4. The molecule has 144 valence electrons. The molecule has 1 fully saturated rings. The number of amides is 1. The van der Waals surface area contributed by atoms with E-state index in [0.29, 0.717) is 0 Å². The Morgan fingerprint density at radius 3 is 2.75 bits per heavy atom. The van der Waals surface area contributed by atoms with Crippen molar-refractivity contribution >= 4 is 17.2 Å². The van der Waals surface area contributed by atoms with Gasteiger partial charge in [-0.05, 0) is 23.8 Å². The number of nitrogens with zero attached hydrogens (tertiary/aromatic N) is 4. The number of benzene rings is 1. The largest absolute Gasteiger partial charge is 0.340 e. The molecule has 0 atom stereocenters. The summed E-state index contributed by atoms with van der Waals surface area (Å²) in [4.78, 5) is 25.5. The van der Waals surface area contributed by atoms with Gasteiger partial charge in [0.2, 0.25) is 5.91 Å². The highest BCUT2D eigenvalue weighted by Gasteiger charge is 2.22. The van der Waals surface area contributed by atoms with Gasteiger partial charge >= 0.3 is 0 Å². The molecule has 0 N–H and O–H groups in total. The Labute approximate surface area is 167 Å². The molecule has 5 nitrogen and oxygen atoms in total. The molecule has 4 rings (SSSR count). The van der Waals surface area contributed by atoms with Gasteiger partial charge < -0.3 is 4.90 Å². The zero-order chi connectivity index (χ0) is 19.3. The molecule has 0 radical (unpaired) electrons. The van der Waals surface area contributed by atoms with Crippen LogP contribution in [0.1, 0.15) is 11.3 Å². The van der Waals surface area contributed by atoms with Gasteiger partial charge in [0.1, 0.15) is 10.8 Å². The van der Waals surface area contributed by atoms with Crippen LogP contribution in [0, 0.1) is 5.82 Å². The Morgan fingerprint density at radius 2 is 2.00 bits per heavy atom. The maximum atomic E-state index is 13.4. The predicted octanol–water partition coefficient (Wildman–Crippen LogP) is 3.23. The van der Waals surface area contributed by atoms with E-state index in [1.54, 1.807) is 12.3 Å². The Bertz CT molecular complexity index is 938. The first-order valence-corrected chi connectivity index (χ1v) is 10.1. The van der Waals surface area contributed by atoms with Crippen molar-refractivity contribution in [1.29, 1.82) is 0 Å². The normalized spacial score (nSPS) is 15.0. The van der Waals surface area contributed by atoms with Gasteiger partial charge in [0.05, 0.1) is 12.1 Å². The van der Waals surface area contributed by atoms with Crippen LogP contribution < -0.4 is 0 Å². The molecule has 2 aromatic heterocycles. The summed E-state index contributed by atoms with van der Waals surface area (Å²) in [7, 11) is 0. The van der Waals surface area contributed by atoms with Crippen LogP contribution in [-0.2, 0) is 17.8 Å². The number of hydrogen-bond acceptors (Lipinski definition) is 5. The lowest BCUT2D eigenvalue weighted by atomic mass is 10.2. The van der Waals surface area contributed by atoms with E-state index in [1.165, 1.54) is 29.0 Å². The maximum Gasteiger partial charge on any atom is 0.228 e. The summed E-state index contributed by atoms with van der Waals surface area (Å²) in [6, 6.07) is 10.4. The molecule has 3 heterocycles. The first-order chi connectivity index (χ1) is 13.7. The molecule has 1 aromatic carbocycles. The van der Waals surface area contributed by atoms with Gasteiger partial charge in [0.25, 0.3) is 0 Å². The second-order valence-corrected chi connectivity index (χ2v) is 7.71. The van der Waals surface area contributed by atoms with Crippen LogP contribution in [-0.4, -0.2) is 51.9 Å². The number of hydrogen-bond donors (Lipinski definition) is 0. The number of carbonyl (C=O) groups excluding carboxylic acids is 1. The summed E-state index contributed by atoms with van der Waals surface area (Å²) in [5, 5.41) is 2.63. The molecular formula is C21H21FN4OS. The quantitative estimate of drug-likeness (QED) is 0.664. The van der Waals surface area contributed by atoms with E-state index in [1.807, 2.05) is 28.6 Å². The molecule has 0 spiro atoms. The maximum absolute atomic E-state index is 13.4. The van der Waals surface area contributed by atoms with Crippen molar-refractivity contribution in [3.8, 4) is 10.6 Å². The number of pyridine rings is 1. The molecule has 28 heavy (non-hydrogen) atoms. The summed E-state index contributed by atoms with van der Waals surface area (Å²) >= 11 is 1.44. The van der Waals surface area contributed by atoms with Crippen LogP contribution in [0.2, 0.25) is 0 Å². The monoisotopic (exact) mass is 396 g/mol. The summed E-state index contributed by atoms with van der Waals surface area (Å²) in [5.74, 6) is -0.188. The Kier molecular flexibility index (Phi) is 5.73. The Balaban J connectivity index is 1.30. The first kappa shape index (κ1) is 18.7. The lowest BCUT2D eigenvalue weighted by Gasteiger charge is -2.34. The minimum absolute atomic E-state index is 0.0946. The summed E-state index contributed by atoms with van der Waals surface area (Å²) in [6.45, 7) is 4.01. The predicted molar refractivity (Wildman–Crippen MR) is 107 cm³/mol. The number of thiazole rings is 1. The standard InChI is InChI=1S/C21H21FN4OS/c22-18-5-1-4-17(11-18)21-24-19(15-28-21)12-20(27)26-9-7-25(8-10-26)14-16-3-2-6-23-13-16/h1-6,11,13,15H,7-10,12,14H2. The van der Waals surface area contributed by atoms with Crippen LogP contribution >= 0.6 is 11.3 Å². The van der Waals surface area contributed by atoms with Gasteiger partial charge in [0.15, 0.2) is 0 Å². The van der Waals surface area contributed by atoms with Crippen molar-refractivity contribution in [3.05, 3.63) is 71.2 Å². The molecule has 0 unspecified atom stereocenters. The highest BCUT2D eigenvalue weighted by atomic mass is 32.1. The van der Waals surface area contributed by atoms with Crippen LogP contribution in [0.5, 0.6) is 0 Å². The van der Waals surface area contributed by atoms with Gasteiger partial charge in [0, 0.05) is 56.1 Å². The molecule has 1 saturated heterocycles. The van der Waals surface area contributed by atoms with E-state index in [9.17, 15) is 9.18 Å². The number of rotatable bonds is 5. The third kappa shape index (κ3) is 4.61. The molecule has 0 saturated carbocycles. The number of halogens is 1. The van der Waals surface area contributed by atoms with Crippen LogP contribution in [0.25, 0.3) is 10.6 Å². The van der Waals surface area contributed by atoms with Crippen LogP contribution in [0.15, 0.2) is 54.2 Å². The second kappa shape index (κ2) is 8.58. The van der Waals surface area contributed by atoms with Crippen molar-refractivity contribution in [2.24, 2.45) is 0 Å². The fourth-order valence-corrected chi connectivity index (χ4v) is 4.13. The molecule has 1 aliphatic heterocycles. The minimum atomic E-state index is -0.283. The third-order valence-corrected chi connectivity index (χ3v) is 5.75. The topological polar surface area (TPSA) is 49.3 Å². The van der Waals surface area contributed by atoms with Crippen molar-refractivity contribution < 1.29 is 9.18 Å². The molecule has 1 amide bonds. The van der Waals surface area contributed by atoms with Gasteiger partial charge in [-0.3, -0.25) is 14.7 Å². The molecule has 3 aromatic rings. The van der Waals surface area contributed by atoms with E-state index in [-0.39, 0.29) is 18.1 Å². The van der Waals surface area contributed by atoms with Crippen molar-refractivity contribution in [3.63, 3.8) is 0 Å². The minimum Gasteiger partial charge on any atom is -0.340 e. The van der Waals surface area contributed by atoms with E-state index in [2.05, 4.69) is 20.9 Å². The Hall–Kier alpha value is -2.64. The van der Waals surface area contributed by atoms with Crippen molar-refractivity contribution in [2.45, 2.75) is 13.0 Å². The fraction of sp³-hybridized carbons (Fsp3) is 0.286. The summed E-state index contributed by atoms with van der Waals surface area (Å²) in [5.41, 5.74) is 2.68. The van der Waals surface area contributed by atoms with Crippen LogP contribution in [0.4, 0.5) is 4.39 Å². The smallest absolute Gasteiger partial charge is 0.228 e. The molecular weight excluding hydrogens is 375 g/mol. The molecule has 7 heteroatoms. The highest BCUT2D eigenvalue weighted by Crippen LogP contribution is 2.24. The Morgan fingerprint density at radius 1 is 1.14 bits per heavy atom. The lowest BCUT2D eigenvalue weighted by Crippen LogP contribution is -2.48. The van der Waals surface area contributed by atoms with Gasteiger partial charge in [-0.15, -0.1) is 11.3 Å².